The van der Waals surface area contributed by atoms with Crippen molar-refractivity contribution in [1.82, 2.24) is 0 Å². The van der Waals surface area contributed by atoms with Crippen LogP contribution in [0.5, 0.6) is 0 Å². The van der Waals surface area contributed by atoms with Gasteiger partial charge in [-0.2, -0.15) is 0 Å². The third kappa shape index (κ3) is 11.6. The van der Waals surface area contributed by atoms with Crippen LogP contribution in [0.25, 0.3) is 0 Å². The van der Waals surface area contributed by atoms with E-state index in [0.29, 0.717) is 27.7 Å². The van der Waals surface area contributed by atoms with Gasteiger partial charge >= 0.3 is 25.3 Å². The molecule has 3 unspecified atom stereocenters. The van der Waals surface area contributed by atoms with E-state index in [9.17, 15) is 0 Å². The van der Waals surface area contributed by atoms with Crippen molar-refractivity contribution in [3.63, 3.8) is 0 Å². The maximum absolute atomic E-state index is 8.84. The zero-order chi connectivity index (χ0) is 22.2. The molecular weight excluding hydrogens is 547 g/mol. The summed E-state index contributed by atoms with van der Waals surface area (Å²) in [6, 6.07) is 0.429. The van der Waals surface area contributed by atoms with Crippen LogP contribution in [0.1, 0.15) is 116 Å². The second-order valence-electron chi connectivity index (χ2n) is 11.3. The van der Waals surface area contributed by atoms with Crippen LogP contribution >= 0.6 is 0 Å². The Bertz CT molecular complexity index is 563. The zero-order valence-corrected chi connectivity index (χ0v) is 21.6. The van der Waals surface area contributed by atoms with Crippen LogP contribution in [0.4, 0.5) is 0 Å². The van der Waals surface area contributed by atoms with Crippen molar-refractivity contribution in [2.45, 2.75) is 120 Å². The van der Waals surface area contributed by atoms with Crippen LogP contribution in [0.2, 0.25) is 0 Å². The van der Waals surface area contributed by atoms with Gasteiger partial charge in [0, 0.05) is 7.47 Å². The van der Waals surface area contributed by atoms with Crippen molar-refractivity contribution in [3.05, 3.63) is 0 Å². The Morgan fingerprint density at radius 1 is 0.966 bits per heavy atom. The molecule has 6 heteroatoms. The molecule has 0 heterocycles. The van der Waals surface area contributed by atoms with E-state index < -0.39 is 18.5 Å². The molecule has 2 rings (SSSR count). The average Bonchev–Trinajstić information content (AvgIpc) is 2.52. The number of nitrogens with two attached hydrogens (primary N) is 1. The Labute approximate surface area is 190 Å². The van der Waals surface area contributed by atoms with E-state index in [1.807, 2.05) is 0 Å². The quantitative estimate of drug-likeness (QED) is 0.264. The first-order valence-corrected chi connectivity index (χ1v) is 12.3. The van der Waals surface area contributed by atoms with Gasteiger partial charge in [-0.15, -0.1) is 0 Å². The molecule has 2 saturated carbocycles. The number of nitrogens with zero attached hydrogens (tertiary/aromatic N) is 1. The third-order valence-electron chi connectivity index (χ3n) is 6.54. The molecule has 0 aromatic carbocycles. The van der Waals surface area contributed by atoms with E-state index in [2.05, 4.69) is 60.5 Å². The maximum atomic E-state index is 8.84. The molecule has 0 bridgehead atoms. The average molecular weight is 598 g/mol. The summed E-state index contributed by atoms with van der Waals surface area (Å²) in [6.07, 6.45) is 9.32. The fourth-order valence-corrected chi connectivity index (χ4v) is 5.69. The van der Waals surface area contributed by atoms with Crippen LogP contribution in [0.3, 0.4) is 0 Å². The van der Waals surface area contributed by atoms with Crippen molar-refractivity contribution in [2.75, 3.05) is 0 Å². The van der Waals surface area contributed by atoms with Crippen LogP contribution < -0.4 is 5.73 Å². The summed E-state index contributed by atoms with van der Waals surface area (Å²) in [5, 5.41) is 12.2. The Hall–Kier alpha value is -0.282. The summed E-state index contributed by atoms with van der Waals surface area (Å²) in [4.78, 5) is 0. The number of hydrogen-bond acceptors (Lipinski definition) is 5. The van der Waals surface area contributed by atoms with Crippen molar-refractivity contribution in [1.29, 1.82) is 0 Å². The molecule has 2 aliphatic carbocycles. The summed E-state index contributed by atoms with van der Waals surface area (Å²) >= 11 is -1.92. The topological polar surface area (TPSA) is 92.8 Å². The van der Waals surface area contributed by atoms with E-state index in [4.69, 9.17) is 17.7 Å². The number of hydrogen-bond donors (Lipinski definition) is 2. The van der Waals surface area contributed by atoms with Gasteiger partial charge in [0.2, 0.25) is 0 Å². The molecule has 0 aliphatic heterocycles. The van der Waals surface area contributed by atoms with E-state index in [0.717, 1.165) is 25.0 Å². The van der Waals surface area contributed by atoms with Gasteiger partial charge in [0.15, 0.2) is 0 Å². The summed E-state index contributed by atoms with van der Waals surface area (Å²) in [6.45, 7) is 18.4. The van der Waals surface area contributed by atoms with Crippen LogP contribution in [-0.4, -0.2) is 17.0 Å². The van der Waals surface area contributed by atoms with Crippen molar-refractivity contribution in [3.8, 4) is 0 Å². The normalized spacial score (nSPS) is 34.1. The monoisotopic (exact) mass is 597 g/mol. The Kier molecular flexibility index (Phi) is 13.4. The van der Waals surface area contributed by atoms with Gasteiger partial charge in [0.05, 0.1) is 5.71 Å². The molecule has 3 atom stereocenters. The molecule has 3 N–H and O–H groups in total. The Morgan fingerprint density at radius 3 is 1.79 bits per heavy atom. The number of rotatable bonds is 2. The van der Waals surface area contributed by atoms with E-state index in [1.165, 1.54) is 32.1 Å². The molecule has 29 heavy (non-hydrogen) atoms. The summed E-state index contributed by atoms with van der Waals surface area (Å²) in [7, 11) is 0. The van der Waals surface area contributed by atoms with Gasteiger partial charge < -0.3 is 10.9 Å². The fraction of sp³-hybridized carbons (Fsp3) is 0.957. The van der Waals surface area contributed by atoms with Crippen LogP contribution in [-0.2, 0) is 25.3 Å². The molecular formula is C23H50N2O3Pt. The first-order chi connectivity index (χ1) is 12.7. The molecule has 0 aromatic heterocycles. The molecule has 0 saturated heterocycles. The molecule has 2 fully saturated rings. The Balaban J connectivity index is -0.000000406. The van der Waals surface area contributed by atoms with Gasteiger partial charge in [0.1, 0.15) is 0 Å². The minimum atomic E-state index is -1.92. The molecule has 5 nitrogen and oxygen atoms in total. The van der Waals surface area contributed by atoms with E-state index >= 15 is 0 Å². The predicted molar refractivity (Wildman–Crippen MR) is 119 cm³/mol. The second kappa shape index (κ2) is 12.5. The third-order valence-corrected chi connectivity index (χ3v) is 6.54. The molecule has 0 amide bonds. The van der Waals surface area contributed by atoms with Gasteiger partial charge in [-0.1, -0.05) is 80.8 Å². The van der Waals surface area contributed by atoms with Crippen molar-refractivity contribution < 1.29 is 31.9 Å². The molecule has 0 spiro atoms. The molecule has 2 aliphatic rings. The van der Waals surface area contributed by atoms with Gasteiger partial charge in [-0.3, -0.25) is 0 Å². The summed E-state index contributed by atoms with van der Waals surface area (Å²) in [5.41, 5.74) is 8.63. The SMILES string of the molecule is C.CCC1(C)C/C(=N/O)CC(C)(C)C1.CCC1(C)CC(N)CC(C)(C)C1.[HH].[O]=[Pt]=[O]. The summed E-state index contributed by atoms with van der Waals surface area (Å²) in [5.74, 6) is 0. The van der Waals surface area contributed by atoms with Crippen molar-refractivity contribution in [2.24, 2.45) is 32.5 Å². The van der Waals surface area contributed by atoms with Crippen molar-refractivity contribution >= 4 is 5.71 Å². The molecule has 0 radical (unpaired) electrons. The van der Waals surface area contributed by atoms with Crippen LogP contribution in [0, 0.1) is 21.7 Å². The van der Waals surface area contributed by atoms with E-state index in [-0.39, 0.29) is 8.85 Å². The first kappa shape index (κ1) is 30.9. The number of oxime groups is 1. The summed E-state index contributed by atoms with van der Waals surface area (Å²) < 4.78 is 17.0. The molecule has 180 valence electrons. The predicted octanol–water partition coefficient (Wildman–Crippen LogP) is 7.03. The van der Waals surface area contributed by atoms with Crippen LogP contribution in [0.15, 0.2) is 5.16 Å². The van der Waals surface area contributed by atoms with Gasteiger partial charge in [0.25, 0.3) is 0 Å². The fourth-order valence-electron chi connectivity index (χ4n) is 5.69. The van der Waals surface area contributed by atoms with Gasteiger partial charge in [-0.05, 0) is 60.2 Å². The first-order valence-electron chi connectivity index (χ1n) is 10.5. The Morgan fingerprint density at radius 2 is 1.41 bits per heavy atom. The zero-order valence-electron chi connectivity index (χ0n) is 19.3. The van der Waals surface area contributed by atoms with E-state index in [1.54, 1.807) is 0 Å². The second-order valence-corrected chi connectivity index (χ2v) is 11.6. The van der Waals surface area contributed by atoms with Gasteiger partial charge in [-0.25, -0.2) is 0 Å². The molecule has 0 aromatic rings. The standard InChI is InChI=1S/C11H21NO.C11H23N.CH4.2O.Pt.H2/c1-5-11(4)7-9(12-13)6-10(2,3)8-11;1-5-11(4)7-9(12)6-10(2,3)8-11;;;;;/h13H,5-8H2,1-4H3;9H,5-8,12H2,1-4H3;1H4;;;;1H/b12-9+;;;;;;. The minimum absolute atomic E-state index is 0.